The van der Waals surface area contributed by atoms with E-state index in [0.717, 1.165) is 11.3 Å². The van der Waals surface area contributed by atoms with Crippen molar-refractivity contribution >= 4 is 11.6 Å². The Morgan fingerprint density at radius 3 is 2.17 bits per heavy atom. The fourth-order valence-corrected chi connectivity index (χ4v) is 3.06. The highest BCUT2D eigenvalue weighted by Crippen LogP contribution is 2.21. The van der Waals surface area contributed by atoms with E-state index in [1.54, 1.807) is 0 Å². The summed E-state index contributed by atoms with van der Waals surface area (Å²) in [4.78, 5) is 14.6. The molecule has 0 aliphatic carbocycles. The van der Waals surface area contributed by atoms with Gasteiger partial charge in [-0.2, -0.15) is 0 Å². The Hall–Kier alpha value is -2.29. The number of anilines is 1. The van der Waals surface area contributed by atoms with Crippen LogP contribution in [0.3, 0.4) is 0 Å². The summed E-state index contributed by atoms with van der Waals surface area (Å²) in [5, 5.41) is 3.34. The molecule has 0 spiro atoms. The second-order valence-electron chi connectivity index (χ2n) is 6.73. The van der Waals surface area contributed by atoms with Gasteiger partial charge in [0.25, 0.3) is 0 Å². The molecule has 0 saturated carbocycles. The summed E-state index contributed by atoms with van der Waals surface area (Å²) >= 11 is 0. The number of hydrogen-bond donors (Lipinski definition) is 1. The zero-order valence-corrected chi connectivity index (χ0v) is 15.4. The predicted octanol–water partition coefficient (Wildman–Crippen LogP) is 4.46. The Balaban J connectivity index is 2.06. The molecular weight excluding hydrogens is 296 g/mol. The zero-order valence-electron chi connectivity index (χ0n) is 15.4. The lowest BCUT2D eigenvalue weighted by Crippen LogP contribution is -2.40. The van der Waals surface area contributed by atoms with Crippen molar-refractivity contribution < 1.29 is 4.79 Å². The average molecular weight is 324 g/mol. The molecule has 3 nitrogen and oxygen atoms in total. The summed E-state index contributed by atoms with van der Waals surface area (Å²) in [6, 6.07) is 14.6. The molecule has 0 heterocycles. The molecule has 0 saturated heterocycles. The molecule has 0 atom stereocenters. The molecule has 0 aliphatic heterocycles. The van der Waals surface area contributed by atoms with Crippen LogP contribution in [0.15, 0.2) is 42.5 Å². The van der Waals surface area contributed by atoms with Gasteiger partial charge in [-0.25, -0.2) is 0 Å². The number of hydrogen-bond acceptors (Lipinski definition) is 2. The van der Waals surface area contributed by atoms with Crippen LogP contribution >= 0.6 is 0 Å². The molecule has 0 unspecified atom stereocenters. The van der Waals surface area contributed by atoms with Gasteiger partial charge < -0.3 is 10.2 Å². The molecule has 1 N–H and O–H groups in total. The maximum Gasteiger partial charge on any atom is 0.242 e. The van der Waals surface area contributed by atoms with Crippen LogP contribution in [0, 0.1) is 20.8 Å². The molecule has 2 aromatic rings. The van der Waals surface area contributed by atoms with Gasteiger partial charge in [0.15, 0.2) is 0 Å². The number of carbonyl (C=O) groups is 1. The highest BCUT2D eigenvalue weighted by atomic mass is 16.2. The highest BCUT2D eigenvalue weighted by Gasteiger charge is 2.17. The van der Waals surface area contributed by atoms with E-state index in [2.05, 4.69) is 64.2 Å². The summed E-state index contributed by atoms with van der Waals surface area (Å²) in [6.07, 6.45) is 0. The lowest BCUT2D eigenvalue weighted by atomic mass is 10.1. The monoisotopic (exact) mass is 324 g/mol. The number of rotatable bonds is 6. The molecular formula is C21H28N2O. The van der Waals surface area contributed by atoms with Crippen molar-refractivity contribution in [3.05, 3.63) is 64.7 Å². The Bertz CT molecular complexity index is 669. The van der Waals surface area contributed by atoms with Gasteiger partial charge in [-0.1, -0.05) is 48.0 Å². The largest absolute Gasteiger partial charge is 0.376 e. The number of aryl methyl sites for hydroxylation is 3. The Morgan fingerprint density at radius 1 is 1.04 bits per heavy atom. The van der Waals surface area contributed by atoms with E-state index in [1.807, 2.05) is 23.1 Å². The van der Waals surface area contributed by atoms with E-state index in [4.69, 9.17) is 0 Å². The van der Waals surface area contributed by atoms with Crippen molar-refractivity contribution in [1.82, 2.24) is 4.90 Å². The molecule has 3 heteroatoms. The summed E-state index contributed by atoms with van der Waals surface area (Å²) in [5.41, 5.74) is 5.83. The Morgan fingerprint density at radius 2 is 1.62 bits per heavy atom. The van der Waals surface area contributed by atoms with Gasteiger partial charge in [-0.3, -0.25) is 4.79 Å². The van der Waals surface area contributed by atoms with Crippen molar-refractivity contribution in [2.75, 3.05) is 11.9 Å². The molecule has 1 amide bonds. The third-order valence-corrected chi connectivity index (χ3v) is 4.23. The smallest absolute Gasteiger partial charge is 0.242 e. The fraction of sp³-hybridized carbons (Fsp3) is 0.381. The summed E-state index contributed by atoms with van der Waals surface area (Å²) < 4.78 is 0. The first-order valence-electron chi connectivity index (χ1n) is 8.53. The second-order valence-corrected chi connectivity index (χ2v) is 6.73. The maximum atomic E-state index is 12.7. The van der Waals surface area contributed by atoms with E-state index in [0.29, 0.717) is 13.1 Å². The molecule has 24 heavy (non-hydrogen) atoms. The molecule has 2 aromatic carbocycles. The van der Waals surface area contributed by atoms with Crippen LogP contribution in [-0.2, 0) is 11.3 Å². The van der Waals surface area contributed by atoms with E-state index in [9.17, 15) is 4.79 Å². The molecule has 0 aromatic heterocycles. The number of nitrogens with one attached hydrogen (secondary N) is 1. The van der Waals surface area contributed by atoms with Crippen LogP contribution < -0.4 is 5.32 Å². The van der Waals surface area contributed by atoms with Crippen LogP contribution in [-0.4, -0.2) is 23.4 Å². The predicted molar refractivity (Wildman–Crippen MR) is 101 cm³/mol. The lowest BCUT2D eigenvalue weighted by molar-refractivity contribution is -0.131. The highest BCUT2D eigenvalue weighted by molar-refractivity contribution is 5.81. The number of carbonyl (C=O) groups excluding carboxylic acids is 1. The maximum absolute atomic E-state index is 12.7. The van der Waals surface area contributed by atoms with Crippen LogP contribution in [0.1, 0.15) is 36.1 Å². The molecule has 128 valence electrons. The van der Waals surface area contributed by atoms with Gasteiger partial charge >= 0.3 is 0 Å². The Kier molecular flexibility index (Phi) is 6.02. The zero-order chi connectivity index (χ0) is 17.7. The van der Waals surface area contributed by atoms with Gasteiger partial charge in [0, 0.05) is 18.3 Å². The minimum absolute atomic E-state index is 0.119. The molecule has 0 radical (unpaired) electrons. The average Bonchev–Trinajstić information content (AvgIpc) is 2.52. The Labute approximate surface area is 145 Å². The quantitative estimate of drug-likeness (QED) is 0.851. The van der Waals surface area contributed by atoms with Crippen molar-refractivity contribution in [3.8, 4) is 0 Å². The number of amides is 1. The summed E-state index contributed by atoms with van der Waals surface area (Å²) in [5.74, 6) is 0.119. The standard InChI is InChI=1S/C21H28N2O/c1-15(2)23(14-19-9-7-6-8-10-19)20(24)13-22-21-17(4)11-16(3)12-18(21)5/h6-12,15,22H,13-14H2,1-5H3. The van der Waals surface area contributed by atoms with Gasteiger partial charge in [0.1, 0.15) is 0 Å². The van der Waals surface area contributed by atoms with E-state index in [-0.39, 0.29) is 11.9 Å². The fourth-order valence-electron chi connectivity index (χ4n) is 3.06. The molecule has 0 aliphatic rings. The third kappa shape index (κ3) is 4.60. The van der Waals surface area contributed by atoms with Crippen LogP contribution in [0.25, 0.3) is 0 Å². The first-order chi connectivity index (χ1) is 11.4. The topological polar surface area (TPSA) is 32.3 Å². The summed E-state index contributed by atoms with van der Waals surface area (Å²) in [7, 11) is 0. The SMILES string of the molecule is Cc1cc(C)c(NCC(=O)N(Cc2ccccc2)C(C)C)c(C)c1. The van der Waals surface area contributed by atoms with Gasteiger partial charge in [0.2, 0.25) is 5.91 Å². The number of benzene rings is 2. The van der Waals surface area contributed by atoms with Crippen molar-refractivity contribution in [2.24, 2.45) is 0 Å². The van der Waals surface area contributed by atoms with Crippen molar-refractivity contribution in [2.45, 2.75) is 47.2 Å². The van der Waals surface area contributed by atoms with E-state index >= 15 is 0 Å². The molecule has 0 bridgehead atoms. The summed E-state index contributed by atoms with van der Waals surface area (Å²) in [6.45, 7) is 11.3. The minimum Gasteiger partial charge on any atom is -0.376 e. The van der Waals surface area contributed by atoms with Crippen LogP contribution in [0.5, 0.6) is 0 Å². The first kappa shape index (κ1) is 18.1. The van der Waals surface area contributed by atoms with Crippen LogP contribution in [0.2, 0.25) is 0 Å². The van der Waals surface area contributed by atoms with E-state index in [1.165, 1.54) is 16.7 Å². The van der Waals surface area contributed by atoms with Crippen molar-refractivity contribution in [3.63, 3.8) is 0 Å². The molecule has 2 rings (SSSR count). The van der Waals surface area contributed by atoms with Crippen LogP contribution in [0.4, 0.5) is 5.69 Å². The third-order valence-electron chi connectivity index (χ3n) is 4.23. The molecule has 0 fully saturated rings. The second kappa shape index (κ2) is 8.00. The normalized spacial score (nSPS) is 10.8. The van der Waals surface area contributed by atoms with E-state index < -0.39 is 0 Å². The van der Waals surface area contributed by atoms with Gasteiger partial charge in [-0.05, 0) is 51.3 Å². The number of nitrogens with zero attached hydrogens (tertiary/aromatic N) is 1. The van der Waals surface area contributed by atoms with Gasteiger partial charge in [0.05, 0.1) is 6.54 Å². The lowest BCUT2D eigenvalue weighted by Gasteiger charge is -2.27. The van der Waals surface area contributed by atoms with Gasteiger partial charge in [-0.15, -0.1) is 0 Å². The van der Waals surface area contributed by atoms with Crippen molar-refractivity contribution in [1.29, 1.82) is 0 Å². The minimum atomic E-state index is 0.119. The first-order valence-corrected chi connectivity index (χ1v) is 8.53.